The van der Waals surface area contributed by atoms with Crippen molar-refractivity contribution in [2.75, 3.05) is 6.54 Å². The Balaban J connectivity index is 2.21. The van der Waals surface area contributed by atoms with Crippen LogP contribution in [-0.4, -0.2) is 46.6 Å². The van der Waals surface area contributed by atoms with Crippen LogP contribution in [0.4, 0.5) is 0 Å². The molecule has 1 aliphatic heterocycles. The van der Waals surface area contributed by atoms with Gasteiger partial charge in [0.05, 0.1) is 21.7 Å². The summed E-state index contributed by atoms with van der Waals surface area (Å²) in [5.41, 5.74) is 0.0835. The number of nitrogens with zero attached hydrogens (tertiary/aromatic N) is 2. The monoisotopic (exact) mass is 371 g/mol. The number of amides is 2. The Labute approximate surface area is 150 Å². The molecule has 1 aromatic rings. The van der Waals surface area contributed by atoms with Gasteiger partial charge in [-0.3, -0.25) is 14.6 Å². The van der Waals surface area contributed by atoms with Crippen LogP contribution >= 0.6 is 23.2 Å². The predicted molar refractivity (Wildman–Crippen MR) is 91.1 cm³/mol. The number of hydrogen-bond donors (Lipinski definition) is 1. The molecule has 1 aromatic heterocycles. The summed E-state index contributed by atoms with van der Waals surface area (Å²) in [5, 5.41) is 2.92. The molecule has 2 amide bonds. The third kappa shape index (κ3) is 3.87. The molecule has 2 heterocycles. The second-order valence-corrected chi connectivity index (χ2v) is 6.86. The maximum atomic E-state index is 12.8. The molecule has 0 aliphatic carbocycles. The van der Waals surface area contributed by atoms with Crippen molar-refractivity contribution in [1.82, 2.24) is 15.2 Å². The van der Waals surface area contributed by atoms with Gasteiger partial charge < -0.3 is 15.0 Å². The molecule has 0 saturated carbocycles. The lowest BCUT2D eigenvalue weighted by atomic mass is 10.0. The van der Waals surface area contributed by atoms with Crippen molar-refractivity contribution in [3.63, 3.8) is 0 Å². The molecule has 1 fully saturated rings. The molecule has 0 unspecified atom stereocenters. The first kappa shape index (κ1) is 18.7. The van der Waals surface area contributed by atoms with Gasteiger partial charge in [-0.05, 0) is 18.8 Å². The third-order valence-corrected chi connectivity index (χ3v) is 4.61. The molecular formula is C16H19Cl2N3O3. The summed E-state index contributed by atoms with van der Waals surface area (Å²) in [5.74, 6) is -0.968. The highest BCUT2D eigenvalue weighted by Crippen LogP contribution is 2.24. The molecule has 0 radical (unpaired) electrons. The van der Waals surface area contributed by atoms with E-state index in [2.05, 4.69) is 10.3 Å². The van der Waals surface area contributed by atoms with Crippen LogP contribution in [0.3, 0.4) is 0 Å². The zero-order chi connectivity index (χ0) is 17.9. The number of halogens is 2. The minimum Gasteiger partial charge on any atom is -0.340 e. The normalized spacial score (nSPS) is 18.5. The van der Waals surface area contributed by atoms with E-state index in [1.807, 2.05) is 13.8 Å². The Bertz CT molecular complexity index is 631. The molecular weight excluding hydrogens is 353 g/mol. The third-order valence-electron chi connectivity index (χ3n) is 4.04. The summed E-state index contributed by atoms with van der Waals surface area (Å²) in [4.78, 5) is 41.7. The molecule has 1 aliphatic rings. The van der Waals surface area contributed by atoms with Crippen LogP contribution in [0.5, 0.6) is 0 Å². The number of aldehydes is 1. The van der Waals surface area contributed by atoms with Crippen LogP contribution in [0, 0.1) is 5.92 Å². The quantitative estimate of drug-likeness (QED) is 0.805. The Hall–Kier alpha value is -1.66. The Morgan fingerprint density at radius 2 is 1.96 bits per heavy atom. The van der Waals surface area contributed by atoms with Gasteiger partial charge in [-0.2, -0.15) is 0 Å². The van der Waals surface area contributed by atoms with E-state index < -0.39 is 18.0 Å². The van der Waals surface area contributed by atoms with Crippen molar-refractivity contribution >= 4 is 41.3 Å². The fourth-order valence-corrected chi connectivity index (χ4v) is 3.28. The second kappa shape index (κ2) is 7.94. The molecule has 130 valence electrons. The maximum Gasteiger partial charge on any atom is 0.255 e. The SMILES string of the molecule is CC(C)[C@H](NC(=O)c1c(Cl)cncc1Cl)C(=O)N1CCC[C@H]1C=O. The van der Waals surface area contributed by atoms with Crippen molar-refractivity contribution < 1.29 is 14.4 Å². The molecule has 0 aromatic carbocycles. The van der Waals surface area contributed by atoms with Gasteiger partial charge in [0, 0.05) is 18.9 Å². The van der Waals surface area contributed by atoms with Gasteiger partial charge in [-0.1, -0.05) is 37.0 Å². The first-order valence-corrected chi connectivity index (χ1v) is 8.48. The average molecular weight is 372 g/mol. The second-order valence-electron chi connectivity index (χ2n) is 6.05. The molecule has 2 atom stereocenters. The Morgan fingerprint density at radius 1 is 1.33 bits per heavy atom. The highest BCUT2D eigenvalue weighted by atomic mass is 35.5. The first-order chi connectivity index (χ1) is 11.4. The lowest BCUT2D eigenvalue weighted by Gasteiger charge is -2.29. The van der Waals surface area contributed by atoms with Gasteiger partial charge >= 0.3 is 0 Å². The zero-order valence-corrected chi connectivity index (χ0v) is 15.0. The van der Waals surface area contributed by atoms with Gasteiger partial charge in [0.25, 0.3) is 5.91 Å². The fourth-order valence-electron chi connectivity index (χ4n) is 2.74. The largest absolute Gasteiger partial charge is 0.340 e. The van der Waals surface area contributed by atoms with Crippen molar-refractivity contribution in [3.8, 4) is 0 Å². The molecule has 6 nitrogen and oxygen atoms in total. The van der Waals surface area contributed by atoms with Crippen LogP contribution in [0.2, 0.25) is 10.0 Å². The molecule has 2 rings (SSSR count). The van der Waals surface area contributed by atoms with Gasteiger partial charge in [-0.25, -0.2) is 0 Å². The van der Waals surface area contributed by atoms with E-state index in [4.69, 9.17) is 23.2 Å². The average Bonchev–Trinajstić information content (AvgIpc) is 3.00. The van der Waals surface area contributed by atoms with Crippen LogP contribution in [0.15, 0.2) is 12.4 Å². The van der Waals surface area contributed by atoms with Gasteiger partial charge in [0.2, 0.25) is 5.91 Å². The summed E-state index contributed by atoms with van der Waals surface area (Å²) in [6, 6.07) is -1.19. The number of likely N-dealkylation sites (tertiary alicyclic amines) is 1. The highest BCUT2D eigenvalue weighted by molar-refractivity contribution is 6.39. The zero-order valence-electron chi connectivity index (χ0n) is 13.5. The van der Waals surface area contributed by atoms with E-state index in [1.54, 1.807) is 0 Å². The van der Waals surface area contributed by atoms with Gasteiger partial charge in [-0.15, -0.1) is 0 Å². The molecule has 1 N–H and O–H groups in total. The number of nitrogens with one attached hydrogen (secondary N) is 1. The van der Waals surface area contributed by atoms with E-state index in [1.165, 1.54) is 17.3 Å². The minimum absolute atomic E-state index is 0.0835. The Morgan fingerprint density at radius 3 is 2.50 bits per heavy atom. The molecule has 0 spiro atoms. The molecule has 8 heteroatoms. The summed E-state index contributed by atoms with van der Waals surface area (Å²) in [6.45, 7) is 4.16. The minimum atomic E-state index is -0.765. The van der Waals surface area contributed by atoms with E-state index in [-0.39, 0.29) is 27.4 Å². The fraction of sp³-hybridized carbons (Fsp3) is 0.500. The number of aromatic nitrogens is 1. The lowest BCUT2D eigenvalue weighted by Crippen LogP contribution is -2.52. The van der Waals surface area contributed by atoms with Gasteiger partial charge in [0.1, 0.15) is 12.3 Å². The van der Waals surface area contributed by atoms with E-state index in [0.29, 0.717) is 13.0 Å². The van der Waals surface area contributed by atoms with E-state index in [0.717, 1.165) is 12.7 Å². The van der Waals surface area contributed by atoms with Crippen molar-refractivity contribution in [1.29, 1.82) is 0 Å². The number of carbonyl (C=O) groups is 3. The highest BCUT2D eigenvalue weighted by Gasteiger charge is 2.35. The predicted octanol–water partition coefficient (Wildman–Crippen LogP) is 2.33. The van der Waals surface area contributed by atoms with Crippen LogP contribution in [0.1, 0.15) is 37.0 Å². The number of rotatable bonds is 5. The van der Waals surface area contributed by atoms with E-state index >= 15 is 0 Å². The number of pyridine rings is 1. The van der Waals surface area contributed by atoms with Crippen LogP contribution < -0.4 is 5.32 Å². The summed E-state index contributed by atoms with van der Waals surface area (Å²) in [6.07, 6.45) is 4.83. The molecule has 1 saturated heterocycles. The van der Waals surface area contributed by atoms with Gasteiger partial charge in [0.15, 0.2) is 0 Å². The van der Waals surface area contributed by atoms with Crippen molar-refractivity contribution in [3.05, 3.63) is 28.0 Å². The Kier molecular flexibility index (Phi) is 6.18. The molecule has 0 bridgehead atoms. The number of hydrogen-bond acceptors (Lipinski definition) is 4. The van der Waals surface area contributed by atoms with E-state index in [9.17, 15) is 14.4 Å². The maximum absolute atomic E-state index is 12.8. The molecule has 24 heavy (non-hydrogen) atoms. The standard InChI is InChI=1S/C16H19Cl2N3O3/c1-9(2)14(16(24)21-5-3-4-10(21)8-22)20-15(23)13-11(17)6-19-7-12(13)18/h6-10,14H,3-5H2,1-2H3,(H,20,23)/t10-,14-/m0/s1. The topological polar surface area (TPSA) is 79.4 Å². The first-order valence-electron chi connectivity index (χ1n) is 7.72. The van der Waals surface area contributed by atoms with Crippen molar-refractivity contribution in [2.45, 2.75) is 38.8 Å². The summed E-state index contributed by atoms with van der Waals surface area (Å²) >= 11 is 12.0. The number of carbonyl (C=O) groups excluding carboxylic acids is 3. The lowest BCUT2D eigenvalue weighted by molar-refractivity contribution is -0.137. The summed E-state index contributed by atoms with van der Waals surface area (Å²) < 4.78 is 0. The van der Waals surface area contributed by atoms with Crippen LogP contribution in [-0.2, 0) is 9.59 Å². The van der Waals surface area contributed by atoms with Crippen LogP contribution in [0.25, 0.3) is 0 Å². The smallest absolute Gasteiger partial charge is 0.255 e. The van der Waals surface area contributed by atoms with Crippen molar-refractivity contribution in [2.24, 2.45) is 5.92 Å². The summed E-state index contributed by atoms with van der Waals surface area (Å²) in [7, 11) is 0.